The molecule has 3 aromatic carbocycles. The minimum absolute atomic E-state index is 0.371. The molecule has 0 saturated heterocycles. The van der Waals surface area contributed by atoms with Gasteiger partial charge in [0.05, 0.1) is 0 Å². The number of rotatable bonds is 1. The van der Waals surface area contributed by atoms with E-state index < -0.39 is 0 Å². The van der Waals surface area contributed by atoms with Crippen molar-refractivity contribution in [3.05, 3.63) is 60.4 Å². The number of hydrogen-bond acceptors (Lipinski definition) is 2. The van der Waals surface area contributed by atoms with Gasteiger partial charge in [-0.05, 0) is 33.7 Å². The van der Waals surface area contributed by atoms with E-state index in [-0.39, 0.29) is 0 Å². The fourth-order valence-electron chi connectivity index (χ4n) is 2.69. The van der Waals surface area contributed by atoms with Gasteiger partial charge in [-0.3, -0.25) is 4.79 Å². The highest BCUT2D eigenvalue weighted by atomic mass is 16.3. The minimum Gasteiger partial charge on any atom is -0.453 e. The molecular weight excluding hydrogens is 236 g/mol. The molecule has 0 aliphatic rings. The lowest BCUT2D eigenvalue weighted by molar-refractivity contribution is 0.110. The van der Waals surface area contributed by atoms with E-state index in [1.54, 1.807) is 6.07 Å². The van der Waals surface area contributed by atoms with Gasteiger partial charge in [-0.15, -0.1) is 0 Å². The zero-order chi connectivity index (χ0) is 12.8. The topological polar surface area (TPSA) is 30.2 Å². The first-order chi connectivity index (χ1) is 9.36. The van der Waals surface area contributed by atoms with Crippen molar-refractivity contribution in [1.29, 1.82) is 0 Å². The SMILES string of the molecule is O=Cc1cc2c(ccc3c4ccccc4ccc23)o1. The van der Waals surface area contributed by atoms with Gasteiger partial charge in [0.15, 0.2) is 12.0 Å². The van der Waals surface area contributed by atoms with Crippen LogP contribution in [0, 0.1) is 0 Å². The lowest BCUT2D eigenvalue weighted by Crippen LogP contribution is -1.77. The molecule has 0 saturated carbocycles. The predicted molar refractivity (Wildman–Crippen MR) is 76.6 cm³/mol. The maximum absolute atomic E-state index is 10.8. The average molecular weight is 246 g/mol. The molecule has 0 N–H and O–H groups in total. The Labute approximate surface area is 109 Å². The van der Waals surface area contributed by atoms with Crippen LogP contribution in [0.3, 0.4) is 0 Å². The van der Waals surface area contributed by atoms with Crippen molar-refractivity contribution in [3.63, 3.8) is 0 Å². The molecule has 1 aromatic heterocycles. The van der Waals surface area contributed by atoms with Gasteiger partial charge >= 0.3 is 0 Å². The van der Waals surface area contributed by atoms with Crippen molar-refractivity contribution in [2.24, 2.45) is 0 Å². The largest absolute Gasteiger partial charge is 0.453 e. The predicted octanol–water partition coefficient (Wildman–Crippen LogP) is 4.55. The number of aldehydes is 1. The van der Waals surface area contributed by atoms with Crippen LogP contribution >= 0.6 is 0 Å². The summed E-state index contributed by atoms with van der Waals surface area (Å²) in [4.78, 5) is 10.8. The molecule has 0 unspecified atom stereocenters. The first kappa shape index (κ1) is 10.3. The van der Waals surface area contributed by atoms with Crippen LogP contribution in [0.4, 0.5) is 0 Å². The fourth-order valence-corrected chi connectivity index (χ4v) is 2.69. The highest BCUT2D eigenvalue weighted by Crippen LogP contribution is 2.32. The third-order valence-electron chi connectivity index (χ3n) is 3.56. The number of carbonyl (C=O) groups excluding carboxylic acids is 1. The number of carbonyl (C=O) groups is 1. The second-order valence-corrected chi connectivity index (χ2v) is 4.63. The van der Waals surface area contributed by atoms with E-state index in [4.69, 9.17) is 4.42 Å². The molecule has 4 rings (SSSR count). The Morgan fingerprint density at radius 2 is 1.58 bits per heavy atom. The first-order valence-electron chi connectivity index (χ1n) is 6.16. The molecule has 2 nitrogen and oxygen atoms in total. The summed E-state index contributed by atoms with van der Waals surface area (Å²) in [6.07, 6.45) is 0.743. The lowest BCUT2D eigenvalue weighted by atomic mass is 10.00. The zero-order valence-electron chi connectivity index (χ0n) is 10.1. The van der Waals surface area contributed by atoms with Gasteiger partial charge in [-0.25, -0.2) is 0 Å². The van der Waals surface area contributed by atoms with Crippen LogP contribution in [0.15, 0.2) is 59.0 Å². The third kappa shape index (κ3) is 1.40. The highest BCUT2D eigenvalue weighted by Gasteiger charge is 2.08. The lowest BCUT2D eigenvalue weighted by Gasteiger charge is -2.04. The van der Waals surface area contributed by atoms with E-state index >= 15 is 0 Å². The molecule has 19 heavy (non-hydrogen) atoms. The van der Waals surface area contributed by atoms with Crippen LogP contribution in [-0.4, -0.2) is 6.29 Å². The molecule has 0 bridgehead atoms. The monoisotopic (exact) mass is 246 g/mol. The Kier molecular flexibility index (Phi) is 2.00. The molecule has 0 amide bonds. The van der Waals surface area contributed by atoms with Crippen molar-refractivity contribution < 1.29 is 9.21 Å². The van der Waals surface area contributed by atoms with Crippen LogP contribution in [-0.2, 0) is 0 Å². The molecule has 90 valence electrons. The van der Waals surface area contributed by atoms with Crippen LogP contribution in [0.2, 0.25) is 0 Å². The smallest absolute Gasteiger partial charge is 0.185 e. The second-order valence-electron chi connectivity index (χ2n) is 4.63. The molecule has 4 aromatic rings. The quantitative estimate of drug-likeness (QED) is 0.364. The summed E-state index contributed by atoms with van der Waals surface area (Å²) in [7, 11) is 0. The number of furan rings is 1. The van der Waals surface area contributed by atoms with Gasteiger partial charge in [-0.1, -0.05) is 42.5 Å². The van der Waals surface area contributed by atoms with E-state index in [2.05, 4.69) is 30.3 Å². The molecule has 0 fully saturated rings. The summed E-state index contributed by atoms with van der Waals surface area (Å²) >= 11 is 0. The fraction of sp³-hybridized carbons (Fsp3) is 0. The third-order valence-corrected chi connectivity index (χ3v) is 3.56. The molecule has 2 heteroatoms. The summed E-state index contributed by atoms with van der Waals surface area (Å²) in [5.41, 5.74) is 0.755. The van der Waals surface area contributed by atoms with Crippen molar-refractivity contribution in [2.45, 2.75) is 0 Å². The zero-order valence-corrected chi connectivity index (χ0v) is 10.1. The first-order valence-corrected chi connectivity index (χ1v) is 6.16. The van der Waals surface area contributed by atoms with Gasteiger partial charge in [0.1, 0.15) is 5.58 Å². The number of hydrogen-bond donors (Lipinski definition) is 0. The molecule has 0 atom stereocenters. The Morgan fingerprint density at radius 1 is 0.789 bits per heavy atom. The van der Waals surface area contributed by atoms with Gasteiger partial charge in [0.2, 0.25) is 0 Å². The molecule has 0 radical (unpaired) electrons. The van der Waals surface area contributed by atoms with E-state index in [1.807, 2.05) is 18.2 Å². The van der Waals surface area contributed by atoms with Gasteiger partial charge in [-0.2, -0.15) is 0 Å². The van der Waals surface area contributed by atoms with E-state index in [1.165, 1.54) is 16.2 Å². The second kappa shape index (κ2) is 3.69. The van der Waals surface area contributed by atoms with Crippen molar-refractivity contribution in [2.75, 3.05) is 0 Å². The van der Waals surface area contributed by atoms with Crippen molar-refractivity contribution in [3.8, 4) is 0 Å². The molecular formula is C17H10O2. The summed E-state index contributed by atoms with van der Waals surface area (Å²) in [5, 5.41) is 5.73. The molecule has 1 heterocycles. The van der Waals surface area contributed by atoms with Crippen molar-refractivity contribution in [1.82, 2.24) is 0 Å². The van der Waals surface area contributed by atoms with Crippen LogP contribution in [0.5, 0.6) is 0 Å². The van der Waals surface area contributed by atoms with Gasteiger partial charge in [0.25, 0.3) is 0 Å². The van der Waals surface area contributed by atoms with E-state index in [0.717, 1.165) is 22.6 Å². The number of benzene rings is 3. The van der Waals surface area contributed by atoms with Crippen LogP contribution in [0.1, 0.15) is 10.6 Å². The maximum atomic E-state index is 10.8. The summed E-state index contributed by atoms with van der Waals surface area (Å²) < 4.78 is 5.47. The Bertz CT molecular complexity index is 932. The van der Waals surface area contributed by atoms with E-state index in [0.29, 0.717) is 5.76 Å². The maximum Gasteiger partial charge on any atom is 0.185 e. The summed E-state index contributed by atoms with van der Waals surface area (Å²) in [6, 6.07) is 18.3. The minimum atomic E-state index is 0.371. The molecule has 0 aliphatic carbocycles. The summed E-state index contributed by atoms with van der Waals surface area (Å²) in [6.45, 7) is 0. The van der Waals surface area contributed by atoms with Gasteiger partial charge < -0.3 is 4.42 Å². The normalized spacial score (nSPS) is 11.4. The van der Waals surface area contributed by atoms with Crippen LogP contribution in [0.25, 0.3) is 32.5 Å². The molecule has 0 spiro atoms. The van der Waals surface area contributed by atoms with Gasteiger partial charge in [0, 0.05) is 5.39 Å². The number of fused-ring (bicyclic) bond motifs is 5. The summed E-state index contributed by atoms with van der Waals surface area (Å²) in [5.74, 6) is 0.371. The Balaban J connectivity index is 2.24. The Hall–Kier alpha value is -2.61. The van der Waals surface area contributed by atoms with Crippen molar-refractivity contribution >= 4 is 38.8 Å². The molecule has 0 aliphatic heterocycles. The van der Waals surface area contributed by atoms with E-state index in [9.17, 15) is 4.79 Å². The average Bonchev–Trinajstić information content (AvgIpc) is 2.90. The standard InChI is InChI=1S/C17H10O2/c18-10-12-9-16-15-6-5-11-3-1-2-4-13(11)14(15)7-8-17(16)19-12/h1-10H. The Morgan fingerprint density at radius 3 is 2.47 bits per heavy atom. The van der Waals surface area contributed by atoms with Crippen LogP contribution < -0.4 is 0 Å². The highest BCUT2D eigenvalue weighted by molar-refractivity contribution is 6.16.